The summed E-state index contributed by atoms with van der Waals surface area (Å²) in [5.41, 5.74) is 0.903. The molecular formula is C20H31N7O. The number of pyridine rings is 1. The molecular weight excluding hydrogens is 354 g/mol. The number of aromatic nitrogens is 3. The Morgan fingerprint density at radius 1 is 1.25 bits per heavy atom. The molecule has 0 radical (unpaired) electrons. The molecule has 2 aliphatic heterocycles. The standard InChI is InChI=1S/C20H31N7O/c1-2-21-20(26-11-8-17(16-26)25-12-14-28-15-13-25)22-9-5-7-19-24-23-18-6-3-4-10-27(18)19/h3-4,6,10,17H,2,5,7-9,11-16H2,1H3,(H,21,22). The number of hydrogen-bond donors (Lipinski definition) is 1. The molecule has 0 aliphatic carbocycles. The number of morpholine rings is 1. The molecule has 2 aromatic rings. The van der Waals surface area contributed by atoms with E-state index in [0.717, 1.165) is 82.8 Å². The minimum atomic E-state index is 0.620. The molecule has 4 rings (SSSR count). The number of nitrogens with one attached hydrogen (secondary N) is 1. The number of likely N-dealkylation sites (tertiary alicyclic amines) is 1. The summed E-state index contributed by atoms with van der Waals surface area (Å²) >= 11 is 0. The van der Waals surface area contributed by atoms with Crippen molar-refractivity contribution in [1.29, 1.82) is 0 Å². The van der Waals surface area contributed by atoms with Gasteiger partial charge in [0.1, 0.15) is 5.82 Å². The molecule has 1 atom stereocenters. The minimum absolute atomic E-state index is 0.620. The number of ether oxygens (including phenoxy) is 1. The van der Waals surface area contributed by atoms with Gasteiger partial charge in [-0.2, -0.15) is 0 Å². The lowest BCUT2D eigenvalue weighted by Gasteiger charge is -2.32. The van der Waals surface area contributed by atoms with E-state index >= 15 is 0 Å². The number of aryl methyl sites for hydroxylation is 1. The average Bonchev–Trinajstić information content (AvgIpc) is 3.39. The van der Waals surface area contributed by atoms with E-state index in [9.17, 15) is 0 Å². The van der Waals surface area contributed by atoms with Crippen molar-refractivity contribution in [2.75, 3.05) is 52.5 Å². The molecule has 0 aromatic carbocycles. The Hall–Kier alpha value is -2.19. The normalized spacial score (nSPS) is 21.5. The topological polar surface area (TPSA) is 70.3 Å². The van der Waals surface area contributed by atoms with Crippen LogP contribution in [0.25, 0.3) is 5.65 Å². The Bertz CT molecular complexity index is 784. The largest absolute Gasteiger partial charge is 0.379 e. The van der Waals surface area contributed by atoms with Crippen LogP contribution in [-0.4, -0.2) is 88.9 Å². The molecule has 0 bridgehead atoms. The third kappa shape index (κ3) is 4.44. The lowest BCUT2D eigenvalue weighted by molar-refractivity contribution is 0.0195. The van der Waals surface area contributed by atoms with Crippen LogP contribution >= 0.6 is 0 Å². The molecule has 0 amide bonds. The zero-order valence-electron chi connectivity index (χ0n) is 16.8. The van der Waals surface area contributed by atoms with Crippen molar-refractivity contribution in [3.63, 3.8) is 0 Å². The van der Waals surface area contributed by atoms with Crippen LogP contribution in [0.15, 0.2) is 29.4 Å². The van der Waals surface area contributed by atoms with Crippen LogP contribution in [0.4, 0.5) is 0 Å². The summed E-state index contributed by atoms with van der Waals surface area (Å²) < 4.78 is 7.55. The molecule has 2 aliphatic rings. The molecule has 1 unspecified atom stereocenters. The third-order valence-electron chi connectivity index (χ3n) is 5.56. The van der Waals surface area contributed by atoms with Crippen LogP contribution < -0.4 is 5.32 Å². The van der Waals surface area contributed by atoms with Gasteiger partial charge in [-0.25, -0.2) is 0 Å². The van der Waals surface area contributed by atoms with Crippen molar-refractivity contribution < 1.29 is 4.74 Å². The minimum Gasteiger partial charge on any atom is -0.379 e. The van der Waals surface area contributed by atoms with Crippen molar-refractivity contribution in [1.82, 2.24) is 29.7 Å². The van der Waals surface area contributed by atoms with E-state index < -0.39 is 0 Å². The summed E-state index contributed by atoms with van der Waals surface area (Å²) in [7, 11) is 0. The van der Waals surface area contributed by atoms with Gasteiger partial charge in [0, 0.05) is 57.9 Å². The Kier molecular flexibility index (Phi) is 6.38. The van der Waals surface area contributed by atoms with E-state index in [-0.39, 0.29) is 0 Å². The Morgan fingerprint density at radius 2 is 2.14 bits per heavy atom. The highest BCUT2D eigenvalue weighted by Gasteiger charge is 2.30. The first-order valence-electron chi connectivity index (χ1n) is 10.5. The number of rotatable bonds is 6. The van der Waals surface area contributed by atoms with Gasteiger partial charge < -0.3 is 15.0 Å². The zero-order chi connectivity index (χ0) is 19.2. The number of guanidine groups is 1. The predicted octanol–water partition coefficient (Wildman–Crippen LogP) is 1.03. The Morgan fingerprint density at radius 3 is 3.00 bits per heavy atom. The highest BCUT2D eigenvalue weighted by molar-refractivity contribution is 5.80. The first-order valence-corrected chi connectivity index (χ1v) is 10.5. The quantitative estimate of drug-likeness (QED) is 0.455. The Balaban J connectivity index is 1.30. The van der Waals surface area contributed by atoms with E-state index in [0.29, 0.717) is 6.04 Å². The van der Waals surface area contributed by atoms with Gasteiger partial charge in [-0.1, -0.05) is 6.07 Å². The van der Waals surface area contributed by atoms with Gasteiger partial charge in [0.15, 0.2) is 11.6 Å². The maximum absolute atomic E-state index is 5.49. The van der Waals surface area contributed by atoms with Crippen molar-refractivity contribution in [3.8, 4) is 0 Å². The summed E-state index contributed by atoms with van der Waals surface area (Å²) in [5, 5.41) is 12.0. The third-order valence-corrected chi connectivity index (χ3v) is 5.56. The summed E-state index contributed by atoms with van der Waals surface area (Å²) in [6.45, 7) is 9.78. The molecule has 0 saturated carbocycles. The lowest BCUT2D eigenvalue weighted by atomic mass is 10.2. The fraction of sp³-hybridized carbons (Fsp3) is 0.650. The summed E-state index contributed by atoms with van der Waals surface area (Å²) in [6.07, 6.45) is 5.07. The van der Waals surface area contributed by atoms with Gasteiger partial charge in [0.2, 0.25) is 0 Å². The van der Waals surface area contributed by atoms with Crippen LogP contribution in [0.3, 0.4) is 0 Å². The fourth-order valence-electron chi connectivity index (χ4n) is 4.08. The van der Waals surface area contributed by atoms with Gasteiger partial charge in [0.05, 0.1) is 13.2 Å². The van der Waals surface area contributed by atoms with Crippen molar-refractivity contribution in [3.05, 3.63) is 30.2 Å². The zero-order valence-corrected chi connectivity index (χ0v) is 16.8. The van der Waals surface area contributed by atoms with E-state index in [2.05, 4.69) is 36.6 Å². The second-order valence-electron chi connectivity index (χ2n) is 7.42. The number of nitrogens with zero attached hydrogens (tertiary/aromatic N) is 6. The average molecular weight is 386 g/mol. The first-order chi connectivity index (χ1) is 13.8. The second kappa shape index (κ2) is 9.34. The Labute approximate surface area is 166 Å². The number of aliphatic imine (C=N–C) groups is 1. The van der Waals surface area contributed by atoms with Gasteiger partial charge >= 0.3 is 0 Å². The number of hydrogen-bond acceptors (Lipinski definition) is 5. The van der Waals surface area contributed by atoms with Gasteiger partial charge in [-0.3, -0.25) is 14.3 Å². The molecule has 152 valence electrons. The molecule has 1 N–H and O–H groups in total. The van der Waals surface area contributed by atoms with Crippen LogP contribution in [0.5, 0.6) is 0 Å². The molecule has 2 saturated heterocycles. The molecule has 8 nitrogen and oxygen atoms in total. The van der Waals surface area contributed by atoms with Crippen LogP contribution in [0.1, 0.15) is 25.6 Å². The van der Waals surface area contributed by atoms with Crippen LogP contribution in [0, 0.1) is 0 Å². The van der Waals surface area contributed by atoms with Gasteiger partial charge in [0.25, 0.3) is 0 Å². The molecule has 2 fully saturated rings. The summed E-state index contributed by atoms with van der Waals surface area (Å²) in [6, 6.07) is 6.60. The lowest BCUT2D eigenvalue weighted by Crippen LogP contribution is -2.46. The highest BCUT2D eigenvalue weighted by atomic mass is 16.5. The monoisotopic (exact) mass is 385 g/mol. The van der Waals surface area contributed by atoms with Crippen molar-refractivity contribution >= 4 is 11.6 Å². The van der Waals surface area contributed by atoms with Crippen molar-refractivity contribution in [2.24, 2.45) is 4.99 Å². The first kappa shape index (κ1) is 19.1. The van der Waals surface area contributed by atoms with Crippen LogP contribution in [-0.2, 0) is 11.2 Å². The fourth-order valence-corrected chi connectivity index (χ4v) is 4.08. The van der Waals surface area contributed by atoms with E-state index in [1.807, 2.05) is 24.4 Å². The number of fused-ring (bicyclic) bond motifs is 1. The smallest absolute Gasteiger partial charge is 0.193 e. The SMILES string of the molecule is CCNC(=NCCCc1nnc2ccccn12)N1CCC(N2CCOCC2)C1. The molecule has 4 heterocycles. The second-order valence-corrected chi connectivity index (χ2v) is 7.42. The predicted molar refractivity (Wildman–Crippen MR) is 110 cm³/mol. The molecule has 28 heavy (non-hydrogen) atoms. The summed E-state index contributed by atoms with van der Waals surface area (Å²) in [4.78, 5) is 9.87. The summed E-state index contributed by atoms with van der Waals surface area (Å²) in [5.74, 6) is 2.05. The van der Waals surface area contributed by atoms with Crippen LogP contribution in [0.2, 0.25) is 0 Å². The molecule has 0 spiro atoms. The highest BCUT2D eigenvalue weighted by Crippen LogP contribution is 2.17. The van der Waals surface area contributed by atoms with E-state index in [1.54, 1.807) is 0 Å². The molecule has 8 heteroatoms. The van der Waals surface area contributed by atoms with Crippen molar-refractivity contribution in [2.45, 2.75) is 32.2 Å². The van der Waals surface area contributed by atoms with Gasteiger partial charge in [-0.05, 0) is 31.9 Å². The van der Waals surface area contributed by atoms with E-state index in [4.69, 9.17) is 9.73 Å². The molecule has 2 aromatic heterocycles. The maximum Gasteiger partial charge on any atom is 0.193 e. The van der Waals surface area contributed by atoms with Gasteiger partial charge in [-0.15, -0.1) is 10.2 Å². The maximum atomic E-state index is 5.49. The van der Waals surface area contributed by atoms with E-state index in [1.165, 1.54) is 6.42 Å².